The van der Waals surface area contributed by atoms with Gasteiger partial charge in [-0.1, -0.05) is 0 Å². The van der Waals surface area contributed by atoms with Gasteiger partial charge in [0.2, 0.25) is 0 Å². The Morgan fingerprint density at radius 2 is 2.31 bits per heavy atom. The molecule has 16 heavy (non-hydrogen) atoms. The van der Waals surface area contributed by atoms with E-state index >= 15 is 0 Å². The summed E-state index contributed by atoms with van der Waals surface area (Å²) in [5.74, 6) is 0. The first-order chi connectivity index (χ1) is 7.78. The minimum atomic E-state index is 0.841. The number of aryl methyl sites for hydroxylation is 1. The molecule has 0 saturated carbocycles. The molecule has 2 aromatic heterocycles. The van der Waals surface area contributed by atoms with E-state index in [9.17, 15) is 0 Å². The van der Waals surface area contributed by atoms with Gasteiger partial charge in [0.15, 0.2) is 5.06 Å². The Kier molecular flexibility index (Phi) is 3.58. The van der Waals surface area contributed by atoms with Gasteiger partial charge in [-0.2, -0.15) is 5.10 Å². The fourth-order valence-corrected chi connectivity index (χ4v) is 2.24. The number of hydrogen-bond donors (Lipinski definition) is 1. The third-order valence-corrected chi connectivity index (χ3v) is 3.27. The summed E-state index contributed by atoms with van der Waals surface area (Å²) in [5, 5.41) is 8.45. The number of rotatable bonds is 5. The second-order valence-corrected chi connectivity index (χ2v) is 4.68. The predicted octanol–water partition coefficient (Wildman–Crippen LogP) is 1.78. The molecule has 0 spiro atoms. The molecule has 0 fully saturated rings. The molecule has 2 rings (SSSR count). The molecule has 0 radical (unpaired) electrons. The molecular weight excluding hydrogens is 222 g/mol. The third-order valence-electron chi connectivity index (χ3n) is 2.22. The lowest BCUT2D eigenvalue weighted by Crippen LogP contribution is -2.11. The molecule has 2 aromatic rings. The van der Waals surface area contributed by atoms with Crippen molar-refractivity contribution in [2.75, 3.05) is 7.11 Å². The van der Waals surface area contributed by atoms with Gasteiger partial charge in [0.1, 0.15) is 0 Å². The molecule has 0 aliphatic heterocycles. The highest BCUT2D eigenvalue weighted by Gasteiger charge is 2.00. The third kappa shape index (κ3) is 2.84. The Balaban J connectivity index is 1.79. The van der Waals surface area contributed by atoms with E-state index in [0.717, 1.165) is 18.2 Å². The fourth-order valence-electron chi connectivity index (χ4n) is 1.46. The SMILES string of the molecule is COc1ccc(CNCc2cnn(C)c2)s1. The van der Waals surface area contributed by atoms with Crippen LogP contribution < -0.4 is 10.1 Å². The van der Waals surface area contributed by atoms with E-state index in [4.69, 9.17) is 4.74 Å². The molecule has 0 aliphatic carbocycles. The van der Waals surface area contributed by atoms with Crippen LogP contribution in [0.5, 0.6) is 5.06 Å². The minimum Gasteiger partial charge on any atom is -0.487 e. The van der Waals surface area contributed by atoms with E-state index < -0.39 is 0 Å². The maximum atomic E-state index is 5.14. The van der Waals surface area contributed by atoms with Crippen LogP contribution in [0.2, 0.25) is 0 Å². The molecular formula is C11H15N3OS. The number of thiophene rings is 1. The summed E-state index contributed by atoms with van der Waals surface area (Å²) >= 11 is 1.67. The Morgan fingerprint density at radius 1 is 1.44 bits per heavy atom. The first-order valence-electron chi connectivity index (χ1n) is 5.09. The molecule has 0 unspecified atom stereocenters. The van der Waals surface area contributed by atoms with Gasteiger partial charge in [-0.25, -0.2) is 0 Å². The molecule has 86 valence electrons. The number of aromatic nitrogens is 2. The lowest BCUT2D eigenvalue weighted by molar-refractivity contribution is 0.427. The van der Waals surface area contributed by atoms with E-state index in [1.54, 1.807) is 18.4 Å². The molecule has 0 bridgehead atoms. The van der Waals surface area contributed by atoms with Crippen molar-refractivity contribution in [1.29, 1.82) is 0 Å². The molecule has 0 saturated heterocycles. The molecule has 0 aliphatic rings. The smallest absolute Gasteiger partial charge is 0.173 e. The highest BCUT2D eigenvalue weighted by molar-refractivity contribution is 7.13. The highest BCUT2D eigenvalue weighted by Crippen LogP contribution is 2.23. The van der Waals surface area contributed by atoms with Gasteiger partial charge in [0.25, 0.3) is 0 Å². The molecule has 0 amide bonds. The Labute approximate surface area is 98.9 Å². The largest absolute Gasteiger partial charge is 0.487 e. The van der Waals surface area contributed by atoms with Gasteiger partial charge < -0.3 is 10.1 Å². The van der Waals surface area contributed by atoms with Crippen LogP contribution in [0, 0.1) is 0 Å². The molecule has 5 heteroatoms. The van der Waals surface area contributed by atoms with E-state index in [1.807, 2.05) is 30.2 Å². The molecule has 4 nitrogen and oxygen atoms in total. The van der Waals surface area contributed by atoms with Gasteiger partial charge in [0, 0.05) is 36.8 Å². The van der Waals surface area contributed by atoms with Crippen molar-refractivity contribution < 1.29 is 4.74 Å². The van der Waals surface area contributed by atoms with E-state index in [2.05, 4.69) is 16.5 Å². The van der Waals surface area contributed by atoms with Gasteiger partial charge in [-0.15, -0.1) is 11.3 Å². The lowest BCUT2D eigenvalue weighted by Gasteiger charge is -1.99. The second kappa shape index (κ2) is 5.14. The molecule has 0 aromatic carbocycles. The summed E-state index contributed by atoms with van der Waals surface area (Å²) < 4.78 is 6.95. The lowest BCUT2D eigenvalue weighted by atomic mass is 10.3. The maximum Gasteiger partial charge on any atom is 0.173 e. The van der Waals surface area contributed by atoms with Gasteiger partial charge >= 0.3 is 0 Å². The summed E-state index contributed by atoms with van der Waals surface area (Å²) in [6.45, 7) is 1.71. The molecule has 0 atom stereocenters. The maximum absolute atomic E-state index is 5.14. The zero-order valence-corrected chi connectivity index (χ0v) is 10.3. The first-order valence-corrected chi connectivity index (χ1v) is 5.90. The zero-order valence-electron chi connectivity index (χ0n) is 9.43. The van der Waals surface area contributed by atoms with E-state index in [1.165, 1.54) is 10.4 Å². The van der Waals surface area contributed by atoms with Crippen LogP contribution in [0.1, 0.15) is 10.4 Å². The van der Waals surface area contributed by atoms with Crippen molar-refractivity contribution in [3.63, 3.8) is 0 Å². The zero-order chi connectivity index (χ0) is 11.4. The summed E-state index contributed by atoms with van der Waals surface area (Å²) in [6.07, 6.45) is 3.89. The van der Waals surface area contributed by atoms with Crippen LogP contribution in [0.4, 0.5) is 0 Å². The predicted molar refractivity (Wildman–Crippen MR) is 64.6 cm³/mol. The summed E-state index contributed by atoms with van der Waals surface area (Å²) in [4.78, 5) is 1.28. The van der Waals surface area contributed by atoms with Gasteiger partial charge in [0.05, 0.1) is 13.3 Å². The van der Waals surface area contributed by atoms with Crippen molar-refractivity contribution in [1.82, 2.24) is 15.1 Å². The molecule has 1 N–H and O–H groups in total. The monoisotopic (exact) mass is 237 g/mol. The average Bonchev–Trinajstić information content (AvgIpc) is 2.88. The van der Waals surface area contributed by atoms with Crippen LogP contribution in [0.15, 0.2) is 24.5 Å². The minimum absolute atomic E-state index is 0.841. The fraction of sp³-hybridized carbons (Fsp3) is 0.364. The van der Waals surface area contributed by atoms with E-state index in [0.29, 0.717) is 0 Å². The quantitative estimate of drug-likeness (QED) is 0.861. The van der Waals surface area contributed by atoms with Crippen molar-refractivity contribution in [3.8, 4) is 5.06 Å². The second-order valence-electron chi connectivity index (χ2n) is 3.55. The van der Waals surface area contributed by atoms with Crippen LogP contribution in [0.25, 0.3) is 0 Å². The summed E-state index contributed by atoms with van der Waals surface area (Å²) in [7, 11) is 3.62. The van der Waals surface area contributed by atoms with Crippen LogP contribution >= 0.6 is 11.3 Å². The normalized spacial score (nSPS) is 10.6. The van der Waals surface area contributed by atoms with Crippen molar-refractivity contribution in [3.05, 3.63) is 35.0 Å². The van der Waals surface area contributed by atoms with Crippen LogP contribution in [-0.2, 0) is 20.1 Å². The van der Waals surface area contributed by atoms with Crippen LogP contribution in [-0.4, -0.2) is 16.9 Å². The number of hydrogen-bond acceptors (Lipinski definition) is 4. The molecule has 2 heterocycles. The van der Waals surface area contributed by atoms with Gasteiger partial charge in [-0.3, -0.25) is 4.68 Å². The standard InChI is InChI=1S/C11H15N3OS/c1-14-8-9(6-13-14)5-12-7-10-3-4-11(15-2)16-10/h3-4,6,8,12H,5,7H2,1-2H3. The van der Waals surface area contributed by atoms with Crippen molar-refractivity contribution in [2.45, 2.75) is 13.1 Å². The van der Waals surface area contributed by atoms with E-state index in [-0.39, 0.29) is 0 Å². The van der Waals surface area contributed by atoms with Crippen molar-refractivity contribution in [2.24, 2.45) is 7.05 Å². The van der Waals surface area contributed by atoms with Gasteiger partial charge in [-0.05, 0) is 12.1 Å². The summed E-state index contributed by atoms with van der Waals surface area (Å²) in [5.41, 5.74) is 1.20. The number of nitrogens with zero attached hydrogens (tertiary/aromatic N) is 2. The Morgan fingerprint density at radius 3 is 2.94 bits per heavy atom. The number of ether oxygens (including phenoxy) is 1. The number of nitrogens with one attached hydrogen (secondary N) is 1. The van der Waals surface area contributed by atoms with Crippen molar-refractivity contribution >= 4 is 11.3 Å². The first kappa shape index (κ1) is 11.2. The van der Waals surface area contributed by atoms with Crippen LogP contribution in [0.3, 0.4) is 0 Å². The summed E-state index contributed by atoms with van der Waals surface area (Å²) in [6, 6.07) is 4.07. The average molecular weight is 237 g/mol. The highest BCUT2D eigenvalue weighted by atomic mass is 32.1. The number of methoxy groups -OCH3 is 1. The Bertz CT molecular complexity index is 450. The topological polar surface area (TPSA) is 39.1 Å². The Hall–Kier alpha value is -1.33.